The van der Waals surface area contributed by atoms with Gasteiger partial charge in [-0.25, -0.2) is 0 Å². The largest absolute Gasteiger partial charge is 0.351 e. The molecule has 0 aliphatic carbocycles. The van der Waals surface area contributed by atoms with Gasteiger partial charge < -0.3 is 5.32 Å². The molecule has 2 nitrogen and oxygen atoms in total. The first-order valence-corrected chi connectivity index (χ1v) is 7.05. The van der Waals surface area contributed by atoms with E-state index in [0.717, 1.165) is 4.47 Å². The molecule has 0 heterocycles. The summed E-state index contributed by atoms with van der Waals surface area (Å²) in [5.74, 6) is 0.274. The maximum atomic E-state index is 12.0. The number of nitrogens with one attached hydrogen (secondary N) is 1. The third-order valence-electron chi connectivity index (χ3n) is 3.04. The van der Waals surface area contributed by atoms with Crippen molar-refractivity contribution in [1.29, 1.82) is 0 Å². The molecule has 0 aliphatic rings. The fourth-order valence-electron chi connectivity index (χ4n) is 1.85. The van der Waals surface area contributed by atoms with Gasteiger partial charge in [-0.05, 0) is 35.7 Å². The summed E-state index contributed by atoms with van der Waals surface area (Å²) in [7, 11) is 0. The second-order valence-corrected chi connectivity index (χ2v) is 5.44. The molecule has 98 valence electrons. The summed E-state index contributed by atoms with van der Waals surface area (Å²) < 4.78 is 0.974. The van der Waals surface area contributed by atoms with E-state index in [1.54, 1.807) is 0 Å². The van der Waals surface area contributed by atoms with Crippen molar-refractivity contribution in [3.05, 3.63) is 70.2 Å². The molecule has 0 spiro atoms. The van der Waals surface area contributed by atoms with Crippen LogP contribution in [0.25, 0.3) is 0 Å². The van der Waals surface area contributed by atoms with E-state index in [-0.39, 0.29) is 5.91 Å². The molecular weight excluding hydrogens is 302 g/mol. The van der Waals surface area contributed by atoms with E-state index < -0.39 is 0 Å². The summed E-state index contributed by atoms with van der Waals surface area (Å²) in [6, 6.07) is 17.6. The van der Waals surface area contributed by atoms with Crippen molar-refractivity contribution in [2.75, 3.05) is 6.54 Å². The van der Waals surface area contributed by atoms with E-state index >= 15 is 0 Å². The van der Waals surface area contributed by atoms with Gasteiger partial charge in [0.1, 0.15) is 0 Å². The molecule has 2 rings (SSSR count). The Balaban J connectivity index is 1.92. The lowest BCUT2D eigenvalue weighted by atomic mass is 10.0. The highest BCUT2D eigenvalue weighted by Gasteiger charge is 2.08. The Morgan fingerprint density at radius 2 is 1.74 bits per heavy atom. The lowest BCUT2D eigenvalue weighted by Gasteiger charge is -2.13. The first-order chi connectivity index (χ1) is 9.16. The first-order valence-electron chi connectivity index (χ1n) is 6.25. The lowest BCUT2D eigenvalue weighted by molar-refractivity contribution is 0.0951. The van der Waals surface area contributed by atoms with E-state index in [2.05, 4.69) is 40.3 Å². The predicted molar refractivity (Wildman–Crippen MR) is 81.3 cm³/mol. The molecule has 0 saturated heterocycles. The Bertz CT molecular complexity index is 536. The second kappa shape index (κ2) is 6.53. The molecule has 1 N–H and O–H groups in total. The molecule has 1 amide bonds. The van der Waals surface area contributed by atoms with Crippen LogP contribution >= 0.6 is 15.9 Å². The fraction of sp³-hybridized carbons (Fsp3) is 0.188. The van der Waals surface area contributed by atoms with Gasteiger partial charge in [-0.1, -0.05) is 53.2 Å². The average molecular weight is 318 g/mol. The molecule has 1 atom stereocenters. The van der Waals surface area contributed by atoms with Crippen LogP contribution < -0.4 is 5.32 Å². The number of carbonyl (C=O) groups is 1. The number of hydrogen-bond acceptors (Lipinski definition) is 1. The number of halogens is 1. The van der Waals surface area contributed by atoms with Crippen LogP contribution in [-0.2, 0) is 0 Å². The molecule has 2 aromatic carbocycles. The van der Waals surface area contributed by atoms with Gasteiger partial charge in [0.05, 0.1) is 0 Å². The van der Waals surface area contributed by atoms with E-state index in [4.69, 9.17) is 0 Å². The van der Waals surface area contributed by atoms with E-state index in [1.807, 2.05) is 42.5 Å². The SMILES string of the molecule is C[C@H](CNC(=O)c1ccc(Br)cc1)c1ccccc1. The zero-order valence-corrected chi connectivity index (χ0v) is 12.4. The summed E-state index contributed by atoms with van der Waals surface area (Å²) in [4.78, 5) is 12.0. The van der Waals surface area contributed by atoms with Crippen LogP contribution in [0.5, 0.6) is 0 Å². The summed E-state index contributed by atoms with van der Waals surface area (Å²) in [5, 5.41) is 2.96. The van der Waals surface area contributed by atoms with Gasteiger partial charge in [0, 0.05) is 16.6 Å². The third kappa shape index (κ3) is 3.93. The van der Waals surface area contributed by atoms with Crippen LogP contribution in [0.1, 0.15) is 28.8 Å². The minimum absolute atomic E-state index is 0.0321. The zero-order chi connectivity index (χ0) is 13.7. The quantitative estimate of drug-likeness (QED) is 0.907. The van der Waals surface area contributed by atoms with E-state index in [0.29, 0.717) is 18.0 Å². The van der Waals surface area contributed by atoms with Crippen molar-refractivity contribution in [2.45, 2.75) is 12.8 Å². The highest BCUT2D eigenvalue weighted by Crippen LogP contribution is 2.14. The molecular formula is C16H16BrNO. The van der Waals surface area contributed by atoms with E-state index in [1.165, 1.54) is 5.56 Å². The molecule has 0 aliphatic heterocycles. The van der Waals surface area contributed by atoms with Gasteiger partial charge in [0.2, 0.25) is 0 Å². The molecule has 0 unspecified atom stereocenters. The zero-order valence-electron chi connectivity index (χ0n) is 10.8. The van der Waals surface area contributed by atoms with Crippen LogP contribution in [0, 0.1) is 0 Å². The second-order valence-electron chi connectivity index (χ2n) is 4.53. The average Bonchev–Trinajstić information content (AvgIpc) is 2.46. The van der Waals surface area contributed by atoms with Gasteiger partial charge in [-0.15, -0.1) is 0 Å². The van der Waals surface area contributed by atoms with Crippen molar-refractivity contribution < 1.29 is 4.79 Å². The topological polar surface area (TPSA) is 29.1 Å². The van der Waals surface area contributed by atoms with Crippen molar-refractivity contribution in [2.24, 2.45) is 0 Å². The molecule has 0 aromatic heterocycles. The Labute approximate surface area is 122 Å². The molecule has 19 heavy (non-hydrogen) atoms. The highest BCUT2D eigenvalue weighted by molar-refractivity contribution is 9.10. The Morgan fingerprint density at radius 1 is 1.11 bits per heavy atom. The van der Waals surface area contributed by atoms with Gasteiger partial charge in [-0.3, -0.25) is 4.79 Å². The Kier molecular flexibility index (Phi) is 4.74. The normalized spacial score (nSPS) is 11.9. The number of amides is 1. The van der Waals surface area contributed by atoms with Crippen LogP contribution in [0.15, 0.2) is 59.1 Å². The minimum Gasteiger partial charge on any atom is -0.351 e. The Morgan fingerprint density at radius 3 is 2.37 bits per heavy atom. The summed E-state index contributed by atoms with van der Waals surface area (Å²) in [5.41, 5.74) is 1.92. The number of carbonyl (C=O) groups excluding carboxylic acids is 1. The standard InChI is InChI=1S/C16H16BrNO/c1-12(13-5-3-2-4-6-13)11-18-16(19)14-7-9-15(17)10-8-14/h2-10,12H,11H2,1H3,(H,18,19)/t12-/m1/s1. The summed E-state index contributed by atoms with van der Waals surface area (Å²) >= 11 is 3.36. The molecule has 2 aromatic rings. The summed E-state index contributed by atoms with van der Waals surface area (Å²) in [6.45, 7) is 2.75. The van der Waals surface area contributed by atoms with Gasteiger partial charge in [0.25, 0.3) is 5.91 Å². The maximum absolute atomic E-state index is 12.0. The van der Waals surface area contributed by atoms with Crippen LogP contribution in [-0.4, -0.2) is 12.5 Å². The minimum atomic E-state index is -0.0321. The van der Waals surface area contributed by atoms with E-state index in [9.17, 15) is 4.79 Å². The molecule has 3 heteroatoms. The lowest BCUT2D eigenvalue weighted by Crippen LogP contribution is -2.27. The van der Waals surface area contributed by atoms with Crippen LogP contribution in [0.2, 0.25) is 0 Å². The van der Waals surface area contributed by atoms with Crippen LogP contribution in [0.3, 0.4) is 0 Å². The van der Waals surface area contributed by atoms with Gasteiger partial charge in [-0.2, -0.15) is 0 Å². The highest BCUT2D eigenvalue weighted by atomic mass is 79.9. The Hall–Kier alpha value is -1.61. The fourth-order valence-corrected chi connectivity index (χ4v) is 2.11. The molecule has 0 radical (unpaired) electrons. The third-order valence-corrected chi connectivity index (χ3v) is 3.57. The van der Waals surface area contributed by atoms with Crippen molar-refractivity contribution in [3.63, 3.8) is 0 Å². The van der Waals surface area contributed by atoms with Crippen molar-refractivity contribution in [1.82, 2.24) is 5.32 Å². The van der Waals surface area contributed by atoms with Gasteiger partial charge in [0.15, 0.2) is 0 Å². The van der Waals surface area contributed by atoms with Crippen molar-refractivity contribution in [3.8, 4) is 0 Å². The number of benzene rings is 2. The number of rotatable bonds is 4. The maximum Gasteiger partial charge on any atom is 0.251 e. The first kappa shape index (κ1) is 13.8. The summed E-state index contributed by atoms with van der Waals surface area (Å²) in [6.07, 6.45) is 0. The smallest absolute Gasteiger partial charge is 0.251 e. The molecule has 0 saturated carbocycles. The van der Waals surface area contributed by atoms with Crippen LogP contribution in [0.4, 0.5) is 0 Å². The molecule has 0 fully saturated rings. The predicted octanol–water partition coefficient (Wildman–Crippen LogP) is 3.98. The monoisotopic (exact) mass is 317 g/mol. The molecule has 0 bridgehead atoms. The number of hydrogen-bond donors (Lipinski definition) is 1. The van der Waals surface area contributed by atoms with Crippen molar-refractivity contribution >= 4 is 21.8 Å². The van der Waals surface area contributed by atoms with Gasteiger partial charge >= 0.3 is 0 Å².